The molecule has 0 fully saturated rings. The molecule has 0 atom stereocenters. The summed E-state index contributed by atoms with van der Waals surface area (Å²) in [4.78, 5) is 24.7. The van der Waals surface area contributed by atoms with E-state index in [0.717, 1.165) is 15.6 Å². The second kappa shape index (κ2) is 5.44. The van der Waals surface area contributed by atoms with Crippen molar-refractivity contribution in [3.63, 3.8) is 0 Å². The van der Waals surface area contributed by atoms with Gasteiger partial charge in [0.05, 0.1) is 10.6 Å². The van der Waals surface area contributed by atoms with E-state index in [1.807, 2.05) is 18.2 Å². The molecule has 5 nitrogen and oxygen atoms in total. The second-order valence-corrected chi connectivity index (χ2v) is 6.03. The Kier molecular flexibility index (Phi) is 3.62. The molecule has 6 heteroatoms. The predicted molar refractivity (Wildman–Crippen MR) is 87.6 cm³/mol. The monoisotopic (exact) mass is 394 g/mol. The van der Waals surface area contributed by atoms with Crippen LogP contribution in [0.15, 0.2) is 42.5 Å². The minimum absolute atomic E-state index is 0.0103. The van der Waals surface area contributed by atoms with E-state index in [0.29, 0.717) is 17.8 Å². The number of nitro groups is 1. The fourth-order valence-corrected chi connectivity index (χ4v) is 3.01. The van der Waals surface area contributed by atoms with Crippen molar-refractivity contribution in [2.24, 2.45) is 0 Å². The minimum atomic E-state index is -0.438. The third-order valence-electron chi connectivity index (χ3n) is 3.49. The van der Waals surface area contributed by atoms with Crippen LogP contribution in [0.3, 0.4) is 0 Å². The smallest absolute Gasteiger partial charge is 0.271 e. The quantitative estimate of drug-likeness (QED) is 0.446. The normalized spacial score (nSPS) is 13.1. The average molecular weight is 394 g/mol. The summed E-state index contributed by atoms with van der Waals surface area (Å²) in [5.74, 6) is -0.118. The van der Waals surface area contributed by atoms with Gasteiger partial charge in [0.25, 0.3) is 11.6 Å². The lowest BCUT2D eigenvalue weighted by atomic mass is 10.1. The van der Waals surface area contributed by atoms with E-state index >= 15 is 0 Å². The van der Waals surface area contributed by atoms with Gasteiger partial charge in [-0.25, -0.2) is 0 Å². The molecule has 2 aromatic carbocycles. The number of rotatable bonds is 2. The first-order chi connectivity index (χ1) is 10.1. The minimum Gasteiger partial charge on any atom is -0.308 e. The first-order valence-corrected chi connectivity index (χ1v) is 7.49. The first-order valence-electron chi connectivity index (χ1n) is 6.41. The summed E-state index contributed by atoms with van der Waals surface area (Å²) < 4.78 is 0.983. The van der Waals surface area contributed by atoms with Gasteiger partial charge in [0, 0.05) is 27.8 Å². The van der Waals surface area contributed by atoms with Crippen LogP contribution in [0.4, 0.5) is 11.4 Å². The van der Waals surface area contributed by atoms with Crippen molar-refractivity contribution in [1.82, 2.24) is 0 Å². The molecule has 0 unspecified atom stereocenters. The lowest BCUT2D eigenvalue weighted by Gasteiger charge is -2.17. The van der Waals surface area contributed by atoms with E-state index in [9.17, 15) is 14.9 Å². The Labute approximate surface area is 134 Å². The molecular weight excluding hydrogens is 383 g/mol. The van der Waals surface area contributed by atoms with Gasteiger partial charge in [0.1, 0.15) is 0 Å². The molecule has 1 aliphatic rings. The lowest BCUT2D eigenvalue weighted by molar-refractivity contribution is -0.384. The molecule has 1 aliphatic heterocycles. The zero-order valence-electron chi connectivity index (χ0n) is 11.0. The molecule has 0 aliphatic carbocycles. The average Bonchev–Trinajstić information content (AvgIpc) is 2.89. The van der Waals surface area contributed by atoms with Crippen LogP contribution in [-0.2, 0) is 6.42 Å². The van der Waals surface area contributed by atoms with Crippen LogP contribution in [0.1, 0.15) is 15.9 Å². The number of benzene rings is 2. The van der Waals surface area contributed by atoms with Crippen molar-refractivity contribution in [2.75, 3.05) is 11.4 Å². The molecule has 0 aromatic heterocycles. The number of non-ortho nitro benzene ring substituents is 1. The summed E-state index contributed by atoms with van der Waals surface area (Å²) in [7, 11) is 0. The molecule has 0 saturated carbocycles. The van der Waals surface area contributed by atoms with E-state index in [-0.39, 0.29) is 11.6 Å². The van der Waals surface area contributed by atoms with Crippen molar-refractivity contribution in [2.45, 2.75) is 6.42 Å². The van der Waals surface area contributed by atoms with Gasteiger partial charge >= 0.3 is 0 Å². The zero-order valence-corrected chi connectivity index (χ0v) is 13.1. The Morgan fingerprint density at radius 1 is 1.24 bits per heavy atom. The van der Waals surface area contributed by atoms with Crippen LogP contribution >= 0.6 is 22.6 Å². The van der Waals surface area contributed by atoms with E-state index in [4.69, 9.17) is 0 Å². The highest BCUT2D eigenvalue weighted by atomic mass is 127. The zero-order chi connectivity index (χ0) is 15.0. The summed E-state index contributed by atoms with van der Waals surface area (Å²) in [5, 5.41) is 10.9. The first kappa shape index (κ1) is 14.0. The summed E-state index contributed by atoms with van der Waals surface area (Å²) >= 11 is 2.16. The van der Waals surface area contributed by atoms with E-state index < -0.39 is 4.92 Å². The van der Waals surface area contributed by atoms with Crippen LogP contribution < -0.4 is 4.90 Å². The Morgan fingerprint density at radius 2 is 2.05 bits per heavy atom. The number of halogens is 1. The van der Waals surface area contributed by atoms with Crippen molar-refractivity contribution in [3.8, 4) is 0 Å². The molecule has 1 amide bonds. The number of nitrogens with zero attached hydrogens (tertiary/aromatic N) is 2. The molecule has 0 N–H and O–H groups in total. The van der Waals surface area contributed by atoms with Gasteiger partial charge in [-0.2, -0.15) is 0 Å². The van der Waals surface area contributed by atoms with Gasteiger partial charge in [0.15, 0.2) is 0 Å². The van der Waals surface area contributed by atoms with Crippen LogP contribution in [-0.4, -0.2) is 17.4 Å². The van der Waals surface area contributed by atoms with Crippen molar-refractivity contribution in [3.05, 3.63) is 67.3 Å². The summed E-state index contributed by atoms with van der Waals surface area (Å²) in [6, 6.07) is 12.0. The topological polar surface area (TPSA) is 63.5 Å². The highest BCUT2D eigenvalue weighted by Crippen LogP contribution is 2.32. The number of hydrogen-bond donors (Lipinski definition) is 0. The molecule has 2 aromatic rings. The van der Waals surface area contributed by atoms with Gasteiger partial charge in [-0.15, -0.1) is 0 Å². The van der Waals surface area contributed by atoms with Crippen molar-refractivity contribution in [1.29, 1.82) is 0 Å². The van der Waals surface area contributed by atoms with Crippen molar-refractivity contribution >= 4 is 39.9 Å². The third-order valence-corrected chi connectivity index (χ3v) is 4.16. The standard InChI is InChI=1S/C15H11IN2O3/c16-12-3-1-2-11(8-12)15(19)17-7-6-10-4-5-13(18(20)21)9-14(10)17/h1-5,8-9H,6-7H2. The van der Waals surface area contributed by atoms with E-state index in [1.165, 1.54) is 12.1 Å². The number of carbonyl (C=O) groups is 1. The lowest BCUT2D eigenvalue weighted by Crippen LogP contribution is -2.28. The predicted octanol–water partition coefficient (Wildman–Crippen LogP) is 3.40. The van der Waals surface area contributed by atoms with Crippen LogP contribution in [0, 0.1) is 13.7 Å². The molecule has 106 valence electrons. The van der Waals surface area contributed by atoms with Crippen LogP contribution in [0.25, 0.3) is 0 Å². The van der Waals surface area contributed by atoms with Gasteiger partial charge in [-0.05, 0) is 52.8 Å². The van der Waals surface area contributed by atoms with Gasteiger partial charge < -0.3 is 4.90 Å². The molecule has 1 heterocycles. The van der Waals surface area contributed by atoms with Gasteiger partial charge in [-0.1, -0.05) is 12.1 Å². The summed E-state index contributed by atoms with van der Waals surface area (Å²) in [6.45, 7) is 0.556. The molecule has 0 bridgehead atoms. The number of amides is 1. The van der Waals surface area contributed by atoms with Gasteiger partial charge in [0.2, 0.25) is 0 Å². The Balaban J connectivity index is 1.98. The number of hydrogen-bond acceptors (Lipinski definition) is 3. The fourth-order valence-electron chi connectivity index (χ4n) is 2.47. The molecule has 3 rings (SSSR count). The number of carbonyl (C=O) groups excluding carboxylic acids is 1. The van der Waals surface area contributed by atoms with Crippen LogP contribution in [0.2, 0.25) is 0 Å². The Bertz CT molecular complexity index is 745. The maximum Gasteiger partial charge on any atom is 0.271 e. The number of anilines is 1. The Morgan fingerprint density at radius 3 is 2.76 bits per heavy atom. The number of fused-ring (bicyclic) bond motifs is 1. The molecule has 0 radical (unpaired) electrons. The van der Waals surface area contributed by atoms with Gasteiger partial charge in [-0.3, -0.25) is 14.9 Å². The molecular formula is C15H11IN2O3. The Hall–Kier alpha value is -1.96. The maximum atomic E-state index is 12.6. The van der Waals surface area contributed by atoms with E-state index in [2.05, 4.69) is 22.6 Å². The van der Waals surface area contributed by atoms with Crippen molar-refractivity contribution < 1.29 is 9.72 Å². The third kappa shape index (κ3) is 2.63. The molecule has 0 spiro atoms. The van der Waals surface area contributed by atoms with Crippen LogP contribution in [0.5, 0.6) is 0 Å². The molecule has 0 saturated heterocycles. The SMILES string of the molecule is O=C(c1cccc(I)c1)N1CCc2ccc([N+](=O)[O-])cc21. The summed E-state index contributed by atoms with van der Waals surface area (Å²) in [5.41, 5.74) is 2.23. The largest absolute Gasteiger partial charge is 0.308 e. The maximum absolute atomic E-state index is 12.6. The summed E-state index contributed by atoms with van der Waals surface area (Å²) in [6.07, 6.45) is 0.725. The van der Waals surface area contributed by atoms with E-state index in [1.54, 1.807) is 17.0 Å². The molecule has 21 heavy (non-hydrogen) atoms. The fraction of sp³-hybridized carbons (Fsp3) is 0.133. The highest BCUT2D eigenvalue weighted by Gasteiger charge is 2.27. The second-order valence-electron chi connectivity index (χ2n) is 4.79. The number of nitro benzene ring substituents is 1. The highest BCUT2D eigenvalue weighted by molar-refractivity contribution is 14.1.